The van der Waals surface area contributed by atoms with Crippen molar-refractivity contribution in [2.45, 2.75) is 45.8 Å². The Morgan fingerprint density at radius 3 is 2.29 bits per heavy atom. The van der Waals surface area contributed by atoms with Crippen molar-refractivity contribution in [2.24, 2.45) is 11.7 Å². The van der Waals surface area contributed by atoms with Crippen molar-refractivity contribution in [1.29, 1.82) is 0 Å². The monoisotopic (exact) mass is 203 g/mol. The summed E-state index contributed by atoms with van der Waals surface area (Å²) < 4.78 is 10.8. The van der Waals surface area contributed by atoms with E-state index in [0.29, 0.717) is 19.1 Å². The normalized spacial score (nSPS) is 14.8. The van der Waals surface area contributed by atoms with Crippen LogP contribution >= 0.6 is 0 Å². The van der Waals surface area contributed by atoms with Gasteiger partial charge in [-0.1, -0.05) is 13.8 Å². The molecule has 0 bridgehead atoms. The molecule has 0 aliphatic rings. The van der Waals surface area contributed by atoms with Gasteiger partial charge in [-0.2, -0.15) is 0 Å². The van der Waals surface area contributed by atoms with Crippen molar-refractivity contribution in [3.8, 4) is 0 Å². The van der Waals surface area contributed by atoms with E-state index in [1.807, 2.05) is 0 Å². The molecule has 86 valence electrons. The summed E-state index contributed by atoms with van der Waals surface area (Å²) in [6.07, 6.45) is 0.897. The Morgan fingerprint density at radius 1 is 1.29 bits per heavy atom. The van der Waals surface area contributed by atoms with Crippen molar-refractivity contribution >= 4 is 0 Å². The van der Waals surface area contributed by atoms with Gasteiger partial charge in [0.15, 0.2) is 0 Å². The molecular weight excluding hydrogens is 178 g/mol. The molecular formula is C11H25NO2. The third-order valence-corrected chi connectivity index (χ3v) is 2.57. The van der Waals surface area contributed by atoms with Crippen molar-refractivity contribution in [3.63, 3.8) is 0 Å². The van der Waals surface area contributed by atoms with Crippen LogP contribution in [0.15, 0.2) is 0 Å². The number of hydrogen-bond donors (Lipinski definition) is 1. The van der Waals surface area contributed by atoms with Crippen LogP contribution in [0, 0.1) is 5.92 Å². The lowest BCUT2D eigenvalue weighted by Crippen LogP contribution is -2.33. The molecule has 0 aliphatic heterocycles. The van der Waals surface area contributed by atoms with Gasteiger partial charge in [0.2, 0.25) is 0 Å². The maximum atomic E-state index is 5.84. The van der Waals surface area contributed by atoms with E-state index in [1.54, 1.807) is 7.11 Å². The highest BCUT2D eigenvalue weighted by Gasteiger charge is 2.16. The van der Waals surface area contributed by atoms with E-state index in [4.69, 9.17) is 15.2 Å². The van der Waals surface area contributed by atoms with Crippen LogP contribution in [0.4, 0.5) is 0 Å². The third-order valence-electron chi connectivity index (χ3n) is 2.57. The maximum Gasteiger partial charge on any atom is 0.0644 e. The molecule has 0 saturated carbocycles. The molecule has 2 N–H and O–H groups in total. The fourth-order valence-electron chi connectivity index (χ4n) is 0.832. The highest BCUT2D eigenvalue weighted by Crippen LogP contribution is 2.12. The van der Waals surface area contributed by atoms with E-state index in [0.717, 1.165) is 6.42 Å². The number of methoxy groups -OCH3 is 1. The molecule has 0 aromatic heterocycles. The predicted octanol–water partition coefficient (Wildman–Crippen LogP) is 1.80. The Morgan fingerprint density at radius 2 is 1.86 bits per heavy atom. The van der Waals surface area contributed by atoms with Gasteiger partial charge in [-0.3, -0.25) is 0 Å². The Bertz CT molecular complexity index is 146. The largest absolute Gasteiger partial charge is 0.380 e. The molecule has 1 unspecified atom stereocenters. The van der Waals surface area contributed by atoms with Crippen molar-refractivity contribution in [3.05, 3.63) is 0 Å². The number of hydrogen-bond acceptors (Lipinski definition) is 3. The van der Waals surface area contributed by atoms with Crippen LogP contribution in [0.2, 0.25) is 0 Å². The minimum Gasteiger partial charge on any atom is -0.380 e. The topological polar surface area (TPSA) is 44.5 Å². The van der Waals surface area contributed by atoms with Gasteiger partial charge in [0.05, 0.1) is 12.2 Å². The van der Waals surface area contributed by atoms with Gasteiger partial charge in [0, 0.05) is 19.8 Å². The molecule has 1 atom stereocenters. The highest BCUT2D eigenvalue weighted by atomic mass is 16.5. The van der Waals surface area contributed by atoms with Crippen LogP contribution in [0.3, 0.4) is 0 Å². The van der Waals surface area contributed by atoms with E-state index in [-0.39, 0.29) is 11.6 Å². The zero-order chi connectivity index (χ0) is 11.2. The highest BCUT2D eigenvalue weighted by molar-refractivity contribution is 4.68. The first-order chi connectivity index (χ1) is 6.39. The minimum absolute atomic E-state index is 0.0953. The summed E-state index contributed by atoms with van der Waals surface area (Å²) in [5.41, 5.74) is 5.75. The van der Waals surface area contributed by atoms with Crippen LogP contribution in [-0.4, -0.2) is 32.0 Å². The average molecular weight is 203 g/mol. The Labute approximate surface area is 88.0 Å². The zero-order valence-corrected chi connectivity index (χ0v) is 10.2. The van der Waals surface area contributed by atoms with Gasteiger partial charge < -0.3 is 15.2 Å². The molecule has 3 heteroatoms. The smallest absolute Gasteiger partial charge is 0.0644 e. The van der Waals surface area contributed by atoms with Gasteiger partial charge in [-0.25, -0.2) is 0 Å². The first-order valence-corrected chi connectivity index (χ1v) is 5.27. The summed E-state index contributed by atoms with van der Waals surface area (Å²) in [6, 6.07) is 0.139. The van der Waals surface area contributed by atoms with E-state index in [2.05, 4.69) is 27.7 Å². The molecule has 0 aromatic rings. The summed E-state index contributed by atoms with van der Waals surface area (Å²) in [6.45, 7) is 9.66. The van der Waals surface area contributed by atoms with Gasteiger partial charge >= 0.3 is 0 Å². The molecule has 0 amide bonds. The van der Waals surface area contributed by atoms with Crippen molar-refractivity contribution in [2.75, 3.05) is 20.3 Å². The molecule has 0 aromatic carbocycles. The van der Waals surface area contributed by atoms with Crippen molar-refractivity contribution in [1.82, 2.24) is 0 Å². The lowest BCUT2D eigenvalue weighted by Gasteiger charge is -2.23. The van der Waals surface area contributed by atoms with E-state index < -0.39 is 0 Å². The summed E-state index contributed by atoms with van der Waals surface area (Å²) in [4.78, 5) is 0. The molecule has 0 fully saturated rings. The predicted molar refractivity (Wildman–Crippen MR) is 59.3 cm³/mol. The fourth-order valence-corrected chi connectivity index (χ4v) is 0.832. The van der Waals surface area contributed by atoms with E-state index in [1.165, 1.54) is 0 Å². The second-order valence-corrected chi connectivity index (χ2v) is 4.70. The molecule has 0 rings (SSSR count). The molecule has 0 radical (unpaired) electrons. The summed E-state index contributed by atoms with van der Waals surface area (Å²) in [5.74, 6) is 0.477. The van der Waals surface area contributed by atoms with Crippen LogP contribution < -0.4 is 5.73 Å². The minimum atomic E-state index is -0.0953. The molecule has 14 heavy (non-hydrogen) atoms. The van der Waals surface area contributed by atoms with Gasteiger partial charge in [-0.05, 0) is 26.2 Å². The molecule has 0 spiro atoms. The zero-order valence-electron chi connectivity index (χ0n) is 10.2. The third kappa shape index (κ3) is 6.35. The number of rotatable bonds is 7. The van der Waals surface area contributed by atoms with Crippen molar-refractivity contribution < 1.29 is 9.47 Å². The molecule has 3 nitrogen and oxygen atoms in total. The Hall–Kier alpha value is -0.120. The van der Waals surface area contributed by atoms with E-state index in [9.17, 15) is 0 Å². The maximum absolute atomic E-state index is 5.84. The van der Waals surface area contributed by atoms with Gasteiger partial charge in [0.1, 0.15) is 0 Å². The fraction of sp³-hybridized carbons (Fsp3) is 1.00. The van der Waals surface area contributed by atoms with Crippen LogP contribution in [0.25, 0.3) is 0 Å². The average Bonchev–Trinajstić information content (AvgIpc) is 2.12. The summed E-state index contributed by atoms with van der Waals surface area (Å²) in [7, 11) is 1.72. The Balaban J connectivity index is 3.47. The molecule has 0 saturated heterocycles. The number of nitrogens with two attached hydrogens (primary N) is 1. The SMILES string of the molecule is COC(C)(C)CCOCC(N)C(C)C. The Kier molecular flexibility index (Phi) is 6.33. The van der Waals surface area contributed by atoms with Crippen LogP contribution in [0.5, 0.6) is 0 Å². The lowest BCUT2D eigenvalue weighted by molar-refractivity contribution is -0.0124. The van der Waals surface area contributed by atoms with Gasteiger partial charge in [-0.15, -0.1) is 0 Å². The molecule has 0 heterocycles. The second-order valence-electron chi connectivity index (χ2n) is 4.70. The molecule has 0 aliphatic carbocycles. The van der Waals surface area contributed by atoms with E-state index >= 15 is 0 Å². The summed E-state index contributed by atoms with van der Waals surface area (Å²) in [5, 5.41) is 0. The standard InChI is InChI=1S/C11H25NO2/c1-9(2)10(12)8-14-7-6-11(3,4)13-5/h9-10H,6-8,12H2,1-5H3. The summed E-state index contributed by atoms with van der Waals surface area (Å²) >= 11 is 0. The number of ether oxygens (including phenoxy) is 2. The first kappa shape index (κ1) is 13.9. The quantitative estimate of drug-likeness (QED) is 0.642. The lowest BCUT2D eigenvalue weighted by atomic mass is 10.1. The van der Waals surface area contributed by atoms with Crippen LogP contribution in [0.1, 0.15) is 34.1 Å². The van der Waals surface area contributed by atoms with Gasteiger partial charge in [0.25, 0.3) is 0 Å². The van der Waals surface area contributed by atoms with Crippen LogP contribution in [-0.2, 0) is 9.47 Å². The first-order valence-electron chi connectivity index (χ1n) is 5.27. The second kappa shape index (κ2) is 6.38.